The number of pyridine rings is 1. The van der Waals surface area contributed by atoms with Gasteiger partial charge in [0.25, 0.3) is 0 Å². The molecular weight excluding hydrogens is 362 g/mol. The largest absolute Gasteiger partial charge is 0.462 e. The van der Waals surface area contributed by atoms with E-state index in [2.05, 4.69) is 34.4 Å². The summed E-state index contributed by atoms with van der Waals surface area (Å²) >= 11 is 0. The van der Waals surface area contributed by atoms with Crippen LogP contribution in [0, 0.1) is 23.2 Å². The van der Waals surface area contributed by atoms with Crippen molar-refractivity contribution in [2.24, 2.45) is 23.2 Å². The quantitative estimate of drug-likeness (QED) is 0.579. The standard InChI is InChI=1S/C24H33N3O2/c1-17-6-5-8-24(2)15-21-18(14-20(17)24)19(23(28)29-21)16-26-10-12-27(13-11-26)22-7-3-4-9-25-22/h3-4,7,9,18-21H,1,5-6,8,10-16H2,2H3/t18-,19-,20-,21+,24+/m0/s1. The van der Waals surface area contributed by atoms with Gasteiger partial charge in [-0.3, -0.25) is 9.69 Å². The summed E-state index contributed by atoms with van der Waals surface area (Å²) in [5, 5.41) is 0. The molecule has 1 aromatic rings. The minimum absolute atomic E-state index is 0.0284. The van der Waals surface area contributed by atoms with Gasteiger partial charge in [0, 0.05) is 44.8 Å². The van der Waals surface area contributed by atoms with Crippen LogP contribution in [0.2, 0.25) is 0 Å². The van der Waals surface area contributed by atoms with E-state index in [4.69, 9.17) is 4.74 Å². The van der Waals surface area contributed by atoms with Crippen LogP contribution in [0.15, 0.2) is 36.5 Å². The molecule has 156 valence electrons. The molecule has 3 heterocycles. The molecule has 0 amide bonds. The Kier molecular flexibility index (Phi) is 4.89. The number of aromatic nitrogens is 1. The van der Waals surface area contributed by atoms with E-state index in [1.807, 2.05) is 18.3 Å². The number of nitrogens with zero attached hydrogens (tertiary/aromatic N) is 3. The summed E-state index contributed by atoms with van der Waals surface area (Å²) in [7, 11) is 0. The number of allylic oxidation sites excluding steroid dienone is 1. The average Bonchev–Trinajstić information content (AvgIpc) is 3.01. The number of ether oxygens (including phenoxy) is 1. The lowest BCUT2D eigenvalue weighted by Gasteiger charge is -2.50. The topological polar surface area (TPSA) is 45.7 Å². The van der Waals surface area contributed by atoms with Crippen molar-refractivity contribution in [3.8, 4) is 0 Å². The van der Waals surface area contributed by atoms with E-state index in [0.29, 0.717) is 11.8 Å². The molecule has 4 aliphatic rings. The van der Waals surface area contributed by atoms with Gasteiger partial charge in [0.05, 0.1) is 5.92 Å². The zero-order chi connectivity index (χ0) is 20.0. The fourth-order valence-electron chi connectivity index (χ4n) is 6.44. The summed E-state index contributed by atoms with van der Waals surface area (Å²) in [6.45, 7) is 11.5. The van der Waals surface area contributed by atoms with Crippen molar-refractivity contribution < 1.29 is 9.53 Å². The molecule has 4 fully saturated rings. The maximum Gasteiger partial charge on any atom is 0.310 e. The molecule has 0 aromatic carbocycles. The Morgan fingerprint density at radius 1 is 1.28 bits per heavy atom. The molecule has 2 saturated heterocycles. The first kappa shape index (κ1) is 19.1. The highest BCUT2D eigenvalue weighted by Gasteiger charge is 2.55. The Bertz CT molecular complexity index is 774. The van der Waals surface area contributed by atoms with Crippen LogP contribution in [0.3, 0.4) is 0 Å². The minimum Gasteiger partial charge on any atom is -0.462 e. The zero-order valence-corrected chi connectivity index (χ0v) is 17.6. The third-order valence-electron chi connectivity index (χ3n) is 8.12. The van der Waals surface area contributed by atoms with Crippen molar-refractivity contribution in [3.05, 3.63) is 36.5 Å². The zero-order valence-electron chi connectivity index (χ0n) is 17.6. The lowest BCUT2D eigenvalue weighted by Crippen LogP contribution is -2.50. The monoisotopic (exact) mass is 395 g/mol. The van der Waals surface area contributed by atoms with Gasteiger partial charge in [-0.05, 0) is 55.6 Å². The van der Waals surface area contributed by atoms with Crippen LogP contribution >= 0.6 is 0 Å². The molecule has 2 aliphatic heterocycles. The third kappa shape index (κ3) is 3.48. The van der Waals surface area contributed by atoms with E-state index in [1.165, 1.54) is 18.4 Å². The maximum atomic E-state index is 12.8. The summed E-state index contributed by atoms with van der Waals surface area (Å²) in [5.41, 5.74) is 1.69. The van der Waals surface area contributed by atoms with E-state index in [-0.39, 0.29) is 23.4 Å². The van der Waals surface area contributed by atoms with Crippen molar-refractivity contribution >= 4 is 11.8 Å². The second-order valence-electron chi connectivity index (χ2n) is 9.88. The van der Waals surface area contributed by atoms with Gasteiger partial charge in [0.15, 0.2) is 0 Å². The van der Waals surface area contributed by atoms with Crippen LogP contribution < -0.4 is 4.90 Å². The SMILES string of the molecule is C=C1CCC[C@]2(C)C[C@H]3OC(=O)[C@@H](CN4CCN(c5ccccn5)CC4)[C@@H]3C[C@@H]12. The van der Waals surface area contributed by atoms with Crippen LogP contribution in [-0.2, 0) is 9.53 Å². The first-order valence-corrected chi connectivity index (χ1v) is 11.3. The Hall–Kier alpha value is -1.88. The Balaban J connectivity index is 1.23. The number of hydrogen-bond donors (Lipinski definition) is 0. The first-order valence-electron chi connectivity index (χ1n) is 11.3. The maximum absolute atomic E-state index is 12.8. The summed E-state index contributed by atoms with van der Waals surface area (Å²) in [6.07, 6.45) is 7.73. The lowest BCUT2D eigenvalue weighted by molar-refractivity contribution is -0.146. The van der Waals surface area contributed by atoms with Crippen LogP contribution in [0.1, 0.15) is 39.0 Å². The van der Waals surface area contributed by atoms with E-state index in [1.54, 1.807) is 0 Å². The number of fused-ring (bicyclic) bond motifs is 2. The first-order chi connectivity index (χ1) is 14.0. The molecule has 0 radical (unpaired) electrons. The molecule has 29 heavy (non-hydrogen) atoms. The van der Waals surface area contributed by atoms with Gasteiger partial charge in [-0.2, -0.15) is 0 Å². The van der Waals surface area contributed by atoms with Gasteiger partial charge in [-0.25, -0.2) is 4.98 Å². The van der Waals surface area contributed by atoms with E-state index in [0.717, 1.165) is 57.8 Å². The Morgan fingerprint density at radius 3 is 2.86 bits per heavy atom. The summed E-state index contributed by atoms with van der Waals surface area (Å²) < 4.78 is 5.94. The second kappa shape index (κ2) is 7.42. The Labute approximate surface area is 174 Å². The molecule has 2 saturated carbocycles. The van der Waals surface area contributed by atoms with E-state index >= 15 is 0 Å². The van der Waals surface area contributed by atoms with Gasteiger partial charge in [-0.1, -0.05) is 25.1 Å². The smallest absolute Gasteiger partial charge is 0.310 e. The highest BCUT2D eigenvalue weighted by Crippen LogP contribution is 2.56. The normalized spacial score (nSPS) is 37.8. The predicted octanol–water partition coefficient (Wildman–Crippen LogP) is 3.52. The number of rotatable bonds is 3. The summed E-state index contributed by atoms with van der Waals surface area (Å²) in [4.78, 5) is 22.1. The predicted molar refractivity (Wildman–Crippen MR) is 114 cm³/mol. The number of hydrogen-bond acceptors (Lipinski definition) is 5. The van der Waals surface area contributed by atoms with Crippen molar-refractivity contribution in [1.82, 2.24) is 9.88 Å². The second-order valence-corrected chi connectivity index (χ2v) is 9.88. The van der Waals surface area contributed by atoms with Crippen LogP contribution in [0.4, 0.5) is 5.82 Å². The van der Waals surface area contributed by atoms with Crippen LogP contribution in [0.5, 0.6) is 0 Å². The molecule has 5 rings (SSSR count). The lowest BCUT2D eigenvalue weighted by atomic mass is 9.55. The van der Waals surface area contributed by atoms with Crippen molar-refractivity contribution in [3.63, 3.8) is 0 Å². The molecular formula is C24H33N3O2. The molecule has 0 spiro atoms. The number of carbonyl (C=O) groups is 1. The highest BCUT2D eigenvalue weighted by atomic mass is 16.6. The van der Waals surface area contributed by atoms with Crippen molar-refractivity contribution in [2.75, 3.05) is 37.6 Å². The third-order valence-corrected chi connectivity index (χ3v) is 8.12. The van der Waals surface area contributed by atoms with Gasteiger partial charge >= 0.3 is 5.97 Å². The molecule has 5 heteroatoms. The fourth-order valence-corrected chi connectivity index (χ4v) is 6.44. The number of esters is 1. The van der Waals surface area contributed by atoms with E-state index in [9.17, 15) is 4.79 Å². The molecule has 0 bridgehead atoms. The highest BCUT2D eigenvalue weighted by molar-refractivity contribution is 5.75. The summed E-state index contributed by atoms with van der Waals surface area (Å²) in [6, 6.07) is 6.07. The van der Waals surface area contributed by atoms with Gasteiger partial charge < -0.3 is 9.64 Å². The van der Waals surface area contributed by atoms with Crippen molar-refractivity contribution in [2.45, 2.75) is 45.1 Å². The van der Waals surface area contributed by atoms with Crippen LogP contribution in [-0.4, -0.2) is 54.7 Å². The average molecular weight is 396 g/mol. The molecule has 5 nitrogen and oxygen atoms in total. The van der Waals surface area contributed by atoms with Crippen LogP contribution in [0.25, 0.3) is 0 Å². The molecule has 0 N–H and O–H groups in total. The molecule has 5 atom stereocenters. The fraction of sp³-hybridized carbons (Fsp3) is 0.667. The van der Waals surface area contributed by atoms with Gasteiger partial charge in [0.1, 0.15) is 11.9 Å². The van der Waals surface area contributed by atoms with E-state index < -0.39 is 0 Å². The minimum atomic E-state index is 0.0284. The van der Waals surface area contributed by atoms with Gasteiger partial charge in [-0.15, -0.1) is 0 Å². The van der Waals surface area contributed by atoms with Crippen molar-refractivity contribution in [1.29, 1.82) is 0 Å². The summed E-state index contributed by atoms with van der Waals surface area (Å²) in [5.74, 6) is 2.05. The van der Waals surface area contributed by atoms with Gasteiger partial charge in [0.2, 0.25) is 0 Å². The molecule has 2 aliphatic carbocycles. The molecule has 1 aromatic heterocycles. The number of piperazine rings is 1. The number of carbonyl (C=O) groups excluding carboxylic acids is 1. The number of anilines is 1. The molecule has 0 unspecified atom stereocenters. The Morgan fingerprint density at radius 2 is 2.10 bits per heavy atom.